The van der Waals surface area contributed by atoms with Gasteiger partial charge in [-0.1, -0.05) is 54.1 Å². The van der Waals surface area contributed by atoms with Gasteiger partial charge in [-0.25, -0.2) is 4.79 Å². The van der Waals surface area contributed by atoms with E-state index >= 15 is 0 Å². The molecule has 0 heterocycles. The number of hydrogen-bond donors (Lipinski definition) is 3. The molecule has 0 saturated carbocycles. The zero-order chi connectivity index (χ0) is 17.4. The van der Waals surface area contributed by atoms with Crippen LogP contribution in [-0.4, -0.2) is 23.8 Å². The number of halogens is 1. The maximum atomic E-state index is 12.0. The number of amides is 2. The van der Waals surface area contributed by atoms with E-state index in [1.165, 1.54) is 0 Å². The fourth-order valence-electron chi connectivity index (χ4n) is 2.54. The molecule has 0 saturated heterocycles. The normalized spacial score (nSPS) is 13.1. The third kappa shape index (κ3) is 6.22. The zero-order valence-electron chi connectivity index (χ0n) is 13.7. The molecule has 0 aliphatic heterocycles. The van der Waals surface area contributed by atoms with E-state index in [0.29, 0.717) is 24.5 Å². The molecule has 128 valence electrons. The summed E-state index contributed by atoms with van der Waals surface area (Å²) in [7, 11) is 0. The molecule has 0 aliphatic carbocycles. The van der Waals surface area contributed by atoms with Gasteiger partial charge in [-0.2, -0.15) is 0 Å². The minimum absolute atomic E-state index is 0.0764. The largest absolute Gasteiger partial charge is 0.393 e. The minimum atomic E-state index is -0.422. The van der Waals surface area contributed by atoms with Gasteiger partial charge in [-0.15, -0.1) is 0 Å². The molecule has 0 fully saturated rings. The molecule has 2 atom stereocenters. The first kappa shape index (κ1) is 18.3. The molecule has 24 heavy (non-hydrogen) atoms. The van der Waals surface area contributed by atoms with Crippen molar-refractivity contribution in [2.24, 2.45) is 0 Å². The Bertz CT molecular complexity index is 630. The molecule has 2 aromatic rings. The van der Waals surface area contributed by atoms with Gasteiger partial charge in [0.1, 0.15) is 0 Å². The van der Waals surface area contributed by atoms with Crippen molar-refractivity contribution in [2.45, 2.75) is 31.9 Å². The molecule has 0 radical (unpaired) electrons. The quantitative estimate of drug-likeness (QED) is 0.716. The maximum Gasteiger partial charge on any atom is 0.315 e. The van der Waals surface area contributed by atoms with Crippen molar-refractivity contribution < 1.29 is 9.90 Å². The highest BCUT2D eigenvalue weighted by atomic mass is 35.5. The lowest BCUT2D eigenvalue weighted by atomic mass is 9.93. The lowest BCUT2D eigenvalue weighted by Crippen LogP contribution is -2.37. The third-order valence-corrected chi connectivity index (χ3v) is 4.02. The average molecular weight is 347 g/mol. The lowest BCUT2D eigenvalue weighted by molar-refractivity contribution is 0.173. The summed E-state index contributed by atoms with van der Waals surface area (Å²) < 4.78 is 0. The van der Waals surface area contributed by atoms with Crippen molar-refractivity contribution in [3.05, 3.63) is 70.7 Å². The molecule has 4 nitrogen and oxygen atoms in total. The van der Waals surface area contributed by atoms with Gasteiger partial charge >= 0.3 is 6.03 Å². The van der Waals surface area contributed by atoms with Crippen molar-refractivity contribution in [3.63, 3.8) is 0 Å². The average Bonchev–Trinajstić information content (AvgIpc) is 2.58. The van der Waals surface area contributed by atoms with Crippen LogP contribution in [0.15, 0.2) is 54.6 Å². The van der Waals surface area contributed by atoms with Crippen molar-refractivity contribution in [3.8, 4) is 0 Å². The molecule has 0 aliphatic rings. The van der Waals surface area contributed by atoms with Crippen LogP contribution in [0.4, 0.5) is 4.79 Å². The number of nitrogens with one attached hydrogen (secondary N) is 2. The Morgan fingerprint density at radius 2 is 1.75 bits per heavy atom. The summed E-state index contributed by atoms with van der Waals surface area (Å²) >= 11 is 5.84. The van der Waals surface area contributed by atoms with Gasteiger partial charge in [0.15, 0.2) is 0 Å². The number of aliphatic hydroxyl groups is 1. The standard InChI is InChI=1S/C19H23ClN2O2/c1-14(23)11-17(16-5-3-2-4-6-16)13-22-19(24)21-12-15-7-9-18(20)10-8-15/h2-10,14,17,23H,11-13H2,1H3,(H2,21,22,24). The molecule has 3 N–H and O–H groups in total. The fourth-order valence-corrected chi connectivity index (χ4v) is 2.66. The second kappa shape index (κ2) is 9.30. The smallest absolute Gasteiger partial charge is 0.315 e. The molecule has 2 unspecified atom stereocenters. The van der Waals surface area contributed by atoms with E-state index in [9.17, 15) is 9.90 Å². The monoisotopic (exact) mass is 346 g/mol. The van der Waals surface area contributed by atoms with Crippen LogP contribution in [-0.2, 0) is 6.54 Å². The number of aliphatic hydroxyl groups excluding tert-OH is 1. The summed E-state index contributed by atoms with van der Waals surface area (Å²) in [6.07, 6.45) is 0.177. The summed E-state index contributed by atoms with van der Waals surface area (Å²) in [6.45, 7) is 2.67. The van der Waals surface area contributed by atoms with Crippen LogP contribution >= 0.6 is 11.6 Å². The van der Waals surface area contributed by atoms with Crippen molar-refractivity contribution in [1.29, 1.82) is 0 Å². The maximum absolute atomic E-state index is 12.0. The van der Waals surface area contributed by atoms with Crippen LogP contribution in [0.2, 0.25) is 5.02 Å². The summed E-state index contributed by atoms with van der Waals surface area (Å²) in [5.41, 5.74) is 2.09. The number of carbonyl (C=O) groups is 1. The SMILES string of the molecule is CC(O)CC(CNC(=O)NCc1ccc(Cl)cc1)c1ccccc1. The van der Waals surface area contributed by atoms with Gasteiger partial charge in [-0.3, -0.25) is 0 Å². The Balaban J connectivity index is 1.84. The second-order valence-electron chi connectivity index (χ2n) is 5.88. The van der Waals surface area contributed by atoms with Gasteiger partial charge in [0.25, 0.3) is 0 Å². The summed E-state index contributed by atoms with van der Waals surface area (Å²) in [6, 6.07) is 17.0. The minimum Gasteiger partial charge on any atom is -0.393 e. The third-order valence-electron chi connectivity index (χ3n) is 3.77. The highest BCUT2D eigenvalue weighted by Gasteiger charge is 2.15. The van der Waals surface area contributed by atoms with E-state index in [0.717, 1.165) is 11.1 Å². The Labute approximate surface area is 147 Å². The van der Waals surface area contributed by atoms with E-state index in [4.69, 9.17) is 11.6 Å². The molecule has 2 aromatic carbocycles. The number of carbonyl (C=O) groups excluding carboxylic acids is 1. The molecule has 2 rings (SSSR count). The van der Waals surface area contributed by atoms with Crippen molar-refractivity contribution in [1.82, 2.24) is 10.6 Å². The summed E-state index contributed by atoms with van der Waals surface area (Å²) in [5.74, 6) is 0.0764. The molecule has 0 spiro atoms. The topological polar surface area (TPSA) is 61.4 Å². The Morgan fingerprint density at radius 1 is 1.08 bits per heavy atom. The summed E-state index contributed by atoms with van der Waals surface area (Å²) in [4.78, 5) is 12.0. The van der Waals surface area contributed by atoms with Crippen LogP contribution in [0.1, 0.15) is 30.4 Å². The summed E-state index contributed by atoms with van der Waals surface area (Å²) in [5, 5.41) is 16.1. The molecular formula is C19H23ClN2O2. The number of hydrogen-bond acceptors (Lipinski definition) is 2. The van der Waals surface area contributed by atoms with Crippen LogP contribution in [0.25, 0.3) is 0 Å². The van der Waals surface area contributed by atoms with Gasteiger partial charge in [0.2, 0.25) is 0 Å². The van der Waals surface area contributed by atoms with E-state index in [-0.39, 0.29) is 11.9 Å². The van der Waals surface area contributed by atoms with E-state index in [2.05, 4.69) is 10.6 Å². The Hall–Kier alpha value is -2.04. The number of urea groups is 1. The van der Waals surface area contributed by atoms with Crippen LogP contribution in [0.5, 0.6) is 0 Å². The van der Waals surface area contributed by atoms with Gasteiger partial charge in [0, 0.05) is 24.0 Å². The molecule has 5 heteroatoms. The highest BCUT2D eigenvalue weighted by molar-refractivity contribution is 6.30. The first-order valence-corrected chi connectivity index (χ1v) is 8.41. The van der Waals surface area contributed by atoms with Crippen molar-refractivity contribution in [2.75, 3.05) is 6.54 Å². The fraction of sp³-hybridized carbons (Fsp3) is 0.316. The van der Waals surface area contributed by atoms with Gasteiger partial charge in [0.05, 0.1) is 6.10 Å². The van der Waals surface area contributed by atoms with E-state index in [1.54, 1.807) is 19.1 Å². The molecule has 2 amide bonds. The van der Waals surface area contributed by atoms with Crippen LogP contribution in [0.3, 0.4) is 0 Å². The lowest BCUT2D eigenvalue weighted by Gasteiger charge is -2.20. The van der Waals surface area contributed by atoms with E-state index in [1.807, 2.05) is 42.5 Å². The Morgan fingerprint density at radius 3 is 2.38 bits per heavy atom. The second-order valence-corrected chi connectivity index (χ2v) is 6.32. The zero-order valence-corrected chi connectivity index (χ0v) is 14.5. The molecule has 0 aromatic heterocycles. The van der Waals surface area contributed by atoms with Crippen LogP contribution < -0.4 is 10.6 Å². The Kier molecular flexibility index (Phi) is 7.09. The predicted octanol–water partition coefficient (Wildman–Crippen LogP) is 3.69. The molecular weight excluding hydrogens is 324 g/mol. The van der Waals surface area contributed by atoms with Crippen molar-refractivity contribution >= 4 is 17.6 Å². The highest BCUT2D eigenvalue weighted by Crippen LogP contribution is 2.20. The number of rotatable bonds is 7. The predicted molar refractivity (Wildman–Crippen MR) is 97.2 cm³/mol. The van der Waals surface area contributed by atoms with Gasteiger partial charge < -0.3 is 15.7 Å². The molecule has 0 bridgehead atoms. The van der Waals surface area contributed by atoms with Gasteiger partial charge in [-0.05, 0) is 36.6 Å². The first-order chi connectivity index (χ1) is 11.5. The van der Waals surface area contributed by atoms with E-state index < -0.39 is 6.10 Å². The first-order valence-electron chi connectivity index (χ1n) is 8.03. The van der Waals surface area contributed by atoms with Crippen LogP contribution in [0, 0.1) is 0 Å². The number of benzene rings is 2.